The average molecular weight is 522 g/mol. The molecule has 11 heteroatoms. The normalized spacial score (nSPS) is 12.2. The van der Waals surface area contributed by atoms with Crippen LogP contribution >= 0.6 is 19.6 Å². The van der Waals surface area contributed by atoms with Crippen LogP contribution in [0.2, 0.25) is 0 Å². The number of allylic oxidation sites excluding steroid dienone is 1. The number of carbonyl (C=O) groups excluding carboxylic acids is 2. The molecule has 1 aromatic heterocycles. The van der Waals surface area contributed by atoms with Crippen molar-refractivity contribution in [3.63, 3.8) is 0 Å². The van der Waals surface area contributed by atoms with Crippen LogP contribution in [-0.4, -0.2) is 41.2 Å². The van der Waals surface area contributed by atoms with Crippen molar-refractivity contribution in [2.75, 3.05) is 25.6 Å². The number of amides is 1. The molecule has 35 heavy (non-hydrogen) atoms. The fourth-order valence-electron chi connectivity index (χ4n) is 3.05. The second kappa shape index (κ2) is 14.2. The van der Waals surface area contributed by atoms with Crippen LogP contribution in [0.3, 0.4) is 0 Å². The maximum absolute atomic E-state index is 12.9. The number of hydrogen-bond acceptors (Lipinski definition) is 9. The summed E-state index contributed by atoms with van der Waals surface area (Å²) in [5.41, 5.74) is 8.54. The zero-order valence-corrected chi connectivity index (χ0v) is 22.1. The van der Waals surface area contributed by atoms with E-state index in [1.807, 2.05) is 25.1 Å². The second-order valence-electron chi connectivity index (χ2n) is 7.36. The number of thioether (sulfide) groups is 1. The van der Waals surface area contributed by atoms with Gasteiger partial charge >= 0.3 is 7.82 Å². The first-order valence-electron chi connectivity index (χ1n) is 11.2. The summed E-state index contributed by atoms with van der Waals surface area (Å²) < 4.78 is 28.5. The summed E-state index contributed by atoms with van der Waals surface area (Å²) in [7, 11) is -3.72. The SMILES string of the molecule is CCOP(=O)(OCC)OCCC(SC(=O)c1ccccc1)=C(C)N(C=O)Cc1ccc(C)nc1N. The van der Waals surface area contributed by atoms with Gasteiger partial charge < -0.3 is 10.6 Å². The summed E-state index contributed by atoms with van der Waals surface area (Å²) in [4.78, 5) is 31.2. The maximum Gasteiger partial charge on any atom is 0.474 e. The molecule has 0 spiro atoms. The lowest BCUT2D eigenvalue weighted by molar-refractivity contribution is -0.116. The smallest absolute Gasteiger partial charge is 0.383 e. The monoisotopic (exact) mass is 521 g/mol. The molecule has 0 fully saturated rings. The lowest BCUT2D eigenvalue weighted by atomic mass is 10.2. The summed E-state index contributed by atoms with van der Waals surface area (Å²) in [5.74, 6) is 0.330. The third kappa shape index (κ3) is 8.91. The van der Waals surface area contributed by atoms with E-state index in [1.165, 1.54) is 4.90 Å². The van der Waals surface area contributed by atoms with E-state index in [2.05, 4.69) is 4.98 Å². The Kier molecular flexibility index (Phi) is 11.6. The minimum atomic E-state index is -3.72. The number of phosphoric ester groups is 1. The van der Waals surface area contributed by atoms with E-state index in [0.717, 1.165) is 17.5 Å². The lowest BCUT2D eigenvalue weighted by Gasteiger charge is -2.23. The number of nitrogen functional groups attached to an aromatic ring is 1. The second-order valence-corrected chi connectivity index (χ2v) is 10.1. The summed E-state index contributed by atoms with van der Waals surface area (Å²) in [6.07, 6.45) is 0.875. The van der Waals surface area contributed by atoms with Crippen molar-refractivity contribution in [1.29, 1.82) is 0 Å². The van der Waals surface area contributed by atoms with Gasteiger partial charge in [-0.2, -0.15) is 0 Å². The van der Waals surface area contributed by atoms with Crippen molar-refractivity contribution in [3.05, 3.63) is 69.9 Å². The molecule has 0 aliphatic carbocycles. The number of nitrogens with zero attached hydrogens (tertiary/aromatic N) is 2. The molecule has 2 rings (SSSR count). The molecule has 0 aliphatic rings. The summed E-state index contributed by atoms with van der Waals surface area (Å²) in [6, 6.07) is 12.4. The highest BCUT2D eigenvalue weighted by Gasteiger charge is 2.26. The van der Waals surface area contributed by atoms with Crippen molar-refractivity contribution in [1.82, 2.24) is 9.88 Å². The largest absolute Gasteiger partial charge is 0.474 e. The highest BCUT2D eigenvalue weighted by molar-refractivity contribution is 8.17. The standard InChI is InChI=1S/C24H32N3O6PS/c1-5-31-34(30,32-6-2)33-15-14-22(35-24(29)20-10-8-7-9-11-20)19(4)27(17-28)16-21-13-12-18(3)26-23(21)25/h7-13,17H,5-6,14-16H2,1-4H3,(H2,25,26). The average Bonchev–Trinajstić information content (AvgIpc) is 2.83. The van der Waals surface area contributed by atoms with Crippen molar-refractivity contribution in [3.8, 4) is 0 Å². The molecule has 0 aliphatic heterocycles. The summed E-state index contributed by atoms with van der Waals surface area (Å²) in [5, 5.41) is -0.194. The van der Waals surface area contributed by atoms with Gasteiger partial charge in [0, 0.05) is 33.8 Å². The topological polar surface area (TPSA) is 121 Å². The quantitative estimate of drug-likeness (QED) is 0.260. The van der Waals surface area contributed by atoms with Gasteiger partial charge in [-0.1, -0.05) is 36.4 Å². The van der Waals surface area contributed by atoms with E-state index >= 15 is 0 Å². The Morgan fingerprint density at radius 2 is 1.77 bits per heavy atom. The zero-order valence-electron chi connectivity index (χ0n) is 20.4. The van der Waals surface area contributed by atoms with E-state index in [0.29, 0.717) is 34.0 Å². The Bertz CT molecular complexity index is 1070. The number of pyridine rings is 1. The number of nitrogens with two attached hydrogens (primary N) is 1. The minimum Gasteiger partial charge on any atom is -0.383 e. The minimum absolute atomic E-state index is 0.0417. The third-order valence-corrected chi connectivity index (χ3v) is 7.65. The van der Waals surface area contributed by atoms with Gasteiger partial charge in [0.2, 0.25) is 11.5 Å². The molecular formula is C24H32N3O6PS. The highest BCUT2D eigenvalue weighted by atomic mass is 32.2. The van der Waals surface area contributed by atoms with Crippen LogP contribution in [0.4, 0.5) is 5.82 Å². The fraction of sp³-hybridized carbons (Fsp3) is 0.375. The molecule has 1 heterocycles. The van der Waals surface area contributed by atoms with E-state index < -0.39 is 7.82 Å². The van der Waals surface area contributed by atoms with Crippen LogP contribution in [-0.2, 0) is 29.5 Å². The van der Waals surface area contributed by atoms with Crippen LogP contribution in [0.1, 0.15) is 48.8 Å². The van der Waals surface area contributed by atoms with Crippen LogP contribution in [0.25, 0.3) is 0 Å². The number of carbonyl (C=O) groups is 2. The molecule has 0 saturated carbocycles. The van der Waals surface area contributed by atoms with E-state index in [-0.39, 0.29) is 37.9 Å². The Labute approximate surface area is 210 Å². The molecule has 2 aromatic rings. The van der Waals surface area contributed by atoms with Gasteiger partial charge in [-0.25, -0.2) is 9.55 Å². The van der Waals surface area contributed by atoms with Gasteiger partial charge in [-0.05, 0) is 45.5 Å². The molecule has 0 unspecified atom stereocenters. The Hall–Kier alpha value is -2.49. The first-order valence-corrected chi connectivity index (χ1v) is 13.4. The van der Waals surface area contributed by atoms with E-state index in [1.54, 1.807) is 45.0 Å². The van der Waals surface area contributed by atoms with Crippen LogP contribution in [0.15, 0.2) is 53.1 Å². The van der Waals surface area contributed by atoms with Gasteiger partial charge in [0.25, 0.3) is 0 Å². The number of hydrogen-bond donors (Lipinski definition) is 1. The molecule has 0 bridgehead atoms. The predicted molar refractivity (Wildman–Crippen MR) is 137 cm³/mol. The lowest BCUT2D eigenvalue weighted by Crippen LogP contribution is -2.22. The number of phosphoric acid groups is 1. The van der Waals surface area contributed by atoms with Crippen molar-refractivity contribution >= 4 is 36.9 Å². The Morgan fingerprint density at radius 3 is 2.34 bits per heavy atom. The van der Waals surface area contributed by atoms with E-state index in [4.69, 9.17) is 19.3 Å². The highest BCUT2D eigenvalue weighted by Crippen LogP contribution is 2.49. The molecule has 0 radical (unpaired) electrons. The Balaban J connectivity index is 2.30. The third-order valence-electron chi connectivity index (χ3n) is 4.83. The van der Waals surface area contributed by atoms with Crippen LogP contribution in [0.5, 0.6) is 0 Å². The Morgan fingerprint density at radius 1 is 1.11 bits per heavy atom. The number of rotatable bonds is 14. The van der Waals surface area contributed by atoms with Gasteiger partial charge in [0.05, 0.1) is 26.4 Å². The first kappa shape index (κ1) is 28.7. The number of anilines is 1. The molecule has 0 atom stereocenters. The van der Waals surface area contributed by atoms with Gasteiger partial charge in [-0.15, -0.1) is 0 Å². The van der Waals surface area contributed by atoms with E-state index in [9.17, 15) is 14.2 Å². The van der Waals surface area contributed by atoms with Crippen molar-refractivity contribution in [2.24, 2.45) is 0 Å². The molecule has 9 nitrogen and oxygen atoms in total. The molecule has 1 amide bonds. The molecular weight excluding hydrogens is 489 g/mol. The molecule has 2 N–H and O–H groups in total. The number of aryl methyl sites for hydroxylation is 1. The van der Waals surface area contributed by atoms with Crippen LogP contribution < -0.4 is 5.73 Å². The maximum atomic E-state index is 12.9. The zero-order chi connectivity index (χ0) is 25.8. The predicted octanol–water partition coefficient (Wildman–Crippen LogP) is 5.32. The van der Waals surface area contributed by atoms with Gasteiger partial charge in [0.1, 0.15) is 5.82 Å². The fourth-order valence-corrected chi connectivity index (χ4v) is 5.15. The van der Waals surface area contributed by atoms with Gasteiger partial charge in [-0.3, -0.25) is 23.2 Å². The molecule has 190 valence electrons. The van der Waals surface area contributed by atoms with Gasteiger partial charge in [0.15, 0.2) is 0 Å². The van der Waals surface area contributed by atoms with Crippen LogP contribution in [0, 0.1) is 6.92 Å². The number of benzene rings is 1. The van der Waals surface area contributed by atoms with Crippen molar-refractivity contribution in [2.45, 2.75) is 40.7 Å². The summed E-state index contributed by atoms with van der Waals surface area (Å²) in [6.45, 7) is 7.39. The first-order chi connectivity index (χ1) is 16.7. The van der Waals surface area contributed by atoms with Crippen molar-refractivity contribution < 1.29 is 27.7 Å². The summed E-state index contributed by atoms with van der Waals surface area (Å²) >= 11 is 0.986. The number of aromatic nitrogens is 1. The molecule has 0 saturated heterocycles. The molecule has 1 aromatic carbocycles.